The average Bonchev–Trinajstić information content (AvgIpc) is 3.24. The Morgan fingerprint density at radius 1 is 1.22 bits per heavy atom. The SMILES string of the molecule is Cc1ccc(NS(=O)(=O)c2ccc3c(c2)NC(=O)C(CC(=O)N2CCCC2)CS3)cc1Cl. The van der Waals surface area contributed by atoms with Gasteiger partial charge < -0.3 is 10.2 Å². The van der Waals surface area contributed by atoms with Crippen molar-refractivity contribution < 1.29 is 18.0 Å². The molecule has 0 radical (unpaired) electrons. The lowest BCUT2D eigenvalue weighted by Gasteiger charge is -2.18. The molecule has 1 atom stereocenters. The highest BCUT2D eigenvalue weighted by molar-refractivity contribution is 7.99. The van der Waals surface area contributed by atoms with Gasteiger partial charge in [-0.25, -0.2) is 8.42 Å². The molecule has 2 aromatic carbocycles. The first-order valence-corrected chi connectivity index (χ1v) is 13.2. The van der Waals surface area contributed by atoms with E-state index in [-0.39, 0.29) is 23.1 Å². The van der Waals surface area contributed by atoms with Crippen molar-refractivity contribution in [1.29, 1.82) is 0 Å². The number of anilines is 2. The minimum atomic E-state index is -3.88. The van der Waals surface area contributed by atoms with Crippen LogP contribution >= 0.6 is 23.4 Å². The standard InChI is InChI=1S/C22H24ClN3O4S2/c1-14-4-5-16(11-18(14)23)25-32(29,30)17-6-7-20-19(12-17)24-22(28)15(13-31-20)10-21(27)26-8-2-3-9-26/h4-7,11-12,15,25H,2-3,8-10,13H2,1H3,(H,24,28). The fourth-order valence-corrected chi connectivity index (χ4v) is 6.06. The van der Waals surface area contributed by atoms with Gasteiger partial charge in [-0.1, -0.05) is 17.7 Å². The molecule has 1 fully saturated rings. The van der Waals surface area contributed by atoms with E-state index < -0.39 is 15.9 Å². The maximum absolute atomic E-state index is 12.9. The Balaban J connectivity index is 1.50. The number of nitrogens with zero attached hydrogens (tertiary/aromatic N) is 1. The molecule has 10 heteroatoms. The quantitative estimate of drug-likeness (QED) is 0.653. The van der Waals surface area contributed by atoms with Gasteiger partial charge in [-0.3, -0.25) is 14.3 Å². The third-order valence-corrected chi connectivity index (χ3v) is 8.66. The van der Waals surface area contributed by atoms with Crippen LogP contribution in [0.3, 0.4) is 0 Å². The number of hydrogen-bond donors (Lipinski definition) is 2. The van der Waals surface area contributed by atoms with Crippen molar-refractivity contribution in [3.8, 4) is 0 Å². The van der Waals surface area contributed by atoms with E-state index in [1.165, 1.54) is 23.9 Å². The Morgan fingerprint density at radius 3 is 2.69 bits per heavy atom. The van der Waals surface area contributed by atoms with Crippen LogP contribution in [0.5, 0.6) is 0 Å². The van der Waals surface area contributed by atoms with Crippen LogP contribution in [0.1, 0.15) is 24.8 Å². The highest BCUT2D eigenvalue weighted by Gasteiger charge is 2.30. The number of fused-ring (bicyclic) bond motifs is 1. The van der Waals surface area contributed by atoms with Gasteiger partial charge in [-0.15, -0.1) is 11.8 Å². The maximum Gasteiger partial charge on any atom is 0.261 e. The minimum Gasteiger partial charge on any atom is -0.343 e. The lowest BCUT2D eigenvalue weighted by Crippen LogP contribution is -2.33. The minimum absolute atomic E-state index is 0.00145. The van der Waals surface area contributed by atoms with Crippen LogP contribution in [-0.2, 0) is 19.6 Å². The fraction of sp³-hybridized carbons (Fsp3) is 0.364. The largest absolute Gasteiger partial charge is 0.343 e. The zero-order valence-electron chi connectivity index (χ0n) is 17.6. The summed E-state index contributed by atoms with van der Waals surface area (Å²) >= 11 is 7.54. The van der Waals surface area contributed by atoms with Gasteiger partial charge >= 0.3 is 0 Å². The van der Waals surface area contributed by atoms with Crippen LogP contribution in [0, 0.1) is 12.8 Å². The molecular weight excluding hydrogens is 470 g/mol. The van der Waals surface area contributed by atoms with E-state index in [0.717, 1.165) is 36.4 Å². The number of thioether (sulfide) groups is 1. The number of aryl methyl sites for hydroxylation is 1. The summed E-state index contributed by atoms with van der Waals surface area (Å²) in [5.74, 6) is -0.270. The van der Waals surface area contributed by atoms with Crippen LogP contribution in [0.25, 0.3) is 0 Å². The van der Waals surface area contributed by atoms with E-state index in [4.69, 9.17) is 11.6 Å². The molecule has 0 saturated carbocycles. The van der Waals surface area contributed by atoms with Crippen molar-refractivity contribution >= 4 is 56.6 Å². The molecule has 2 aliphatic heterocycles. The van der Waals surface area contributed by atoms with Crippen molar-refractivity contribution in [3.05, 3.63) is 47.0 Å². The van der Waals surface area contributed by atoms with E-state index >= 15 is 0 Å². The summed E-state index contributed by atoms with van der Waals surface area (Å²) < 4.78 is 28.3. The number of amides is 2. The number of rotatable bonds is 5. The van der Waals surface area contributed by atoms with E-state index in [0.29, 0.717) is 22.2 Å². The predicted molar refractivity (Wildman–Crippen MR) is 127 cm³/mol. The summed E-state index contributed by atoms with van der Waals surface area (Å²) in [7, 11) is -3.88. The van der Waals surface area contributed by atoms with Crippen molar-refractivity contribution in [2.75, 3.05) is 28.9 Å². The number of sulfonamides is 1. The molecule has 2 N–H and O–H groups in total. The third-order valence-electron chi connectivity index (χ3n) is 5.63. The summed E-state index contributed by atoms with van der Waals surface area (Å²) in [4.78, 5) is 27.9. The molecule has 7 nitrogen and oxygen atoms in total. The number of benzene rings is 2. The van der Waals surface area contributed by atoms with Crippen LogP contribution in [0.4, 0.5) is 11.4 Å². The van der Waals surface area contributed by atoms with E-state index in [2.05, 4.69) is 10.0 Å². The molecule has 32 heavy (non-hydrogen) atoms. The normalized spacial score (nSPS) is 18.6. The number of nitrogens with one attached hydrogen (secondary N) is 2. The predicted octanol–water partition coefficient (Wildman–Crippen LogP) is 4.12. The molecule has 2 aliphatic rings. The lowest BCUT2D eigenvalue weighted by molar-refractivity contribution is -0.133. The van der Waals surface area contributed by atoms with E-state index in [1.54, 1.807) is 24.3 Å². The second kappa shape index (κ2) is 9.33. The number of carbonyl (C=O) groups excluding carboxylic acids is 2. The first kappa shape index (κ1) is 22.9. The monoisotopic (exact) mass is 493 g/mol. The van der Waals surface area contributed by atoms with Crippen molar-refractivity contribution in [2.45, 2.75) is 36.0 Å². The molecule has 0 spiro atoms. The molecule has 0 bridgehead atoms. The van der Waals surface area contributed by atoms with Crippen LogP contribution in [0.2, 0.25) is 5.02 Å². The van der Waals surface area contributed by atoms with Gasteiger partial charge in [-0.05, 0) is 55.7 Å². The Bertz CT molecular complexity index is 1160. The van der Waals surface area contributed by atoms with Gasteiger partial charge in [0.15, 0.2) is 0 Å². The second-order valence-corrected chi connectivity index (χ2v) is 11.2. The molecule has 0 aliphatic carbocycles. The lowest BCUT2D eigenvalue weighted by atomic mass is 10.1. The molecule has 170 valence electrons. The molecule has 1 saturated heterocycles. The Hall–Kier alpha value is -2.23. The smallest absolute Gasteiger partial charge is 0.261 e. The molecule has 2 aromatic rings. The zero-order chi connectivity index (χ0) is 22.9. The van der Waals surface area contributed by atoms with Crippen molar-refractivity contribution in [1.82, 2.24) is 4.90 Å². The van der Waals surface area contributed by atoms with Crippen LogP contribution < -0.4 is 10.0 Å². The molecule has 1 unspecified atom stereocenters. The zero-order valence-corrected chi connectivity index (χ0v) is 19.9. The van der Waals surface area contributed by atoms with Gasteiger partial charge in [-0.2, -0.15) is 0 Å². The number of likely N-dealkylation sites (tertiary alicyclic amines) is 1. The number of halogens is 1. The first-order chi connectivity index (χ1) is 15.2. The van der Waals surface area contributed by atoms with Gasteiger partial charge in [0, 0.05) is 35.2 Å². The number of carbonyl (C=O) groups is 2. The summed E-state index contributed by atoms with van der Waals surface area (Å²) in [6.07, 6.45) is 2.17. The highest BCUT2D eigenvalue weighted by Crippen LogP contribution is 2.35. The van der Waals surface area contributed by atoms with Crippen LogP contribution in [-0.4, -0.2) is 44.0 Å². The Kier molecular flexibility index (Phi) is 6.69. The summed E-state index contributed by atoms with van der Waals surface area (Å²) in [5.41, 5.74) is 1.63. The summed E-state index contributed by atoms with van der Waals surface area (Å²) in [6.45, 7) is 3.33. The summed E-state index contributed by atoms with van der Waals surface area (Å²) in [6, 6.07) is 9.56. The van der Waals surface area contributed by atoms with Crippen LogP contribution in [0.15, 0.2) is 46.2 Å². The van der Waals surface area contributed by atoms with Gasteiger partial charge in [0.25, 0.3) is 10.0 Å². The molecule has 2 amide bonds. The molecule has 4 rings (SSSR count). The van der Waals surface area contributed by atoms with Gasteiger partial charge in [0.2, 0.25) is 11.8 Å². The Morgan fingerprint density at radius 2 is 1.97 bits per heavy atom. The van der Waals surface area contributed by atoms with E-state index in [9.17, 15) is 18.0 Å². The summed E-state index contributed by atoms with van der Waals surface area (Å²) in [5, 5.41) is 3.28. The third kappa shape index (κ3) is 5.05. The first-order valence-electron chi connectivity index (χ1n) is 10.4. The van der Waals surface area contributed by atoms with Gasteiger partial charge in [0.05, 0.1) is 22.2 Å². The topological polar surface area (TPSA) is 95.6 Å². The molecular formula is C22H24ClN3O4S2. The number of hydrogen-bond acceptors (Lipinski definition) is 5. The fourth-order valence-electron chi connectivity index (χ4n) is 3.73. The molecule has 0 aromatic heterocycles. The second-order valence-electron chi connectivity index (χ2n) is 8.02. The average molecular weight is 494 g/mol. The molecule has 2 heterocycles. The van der Waals surface area contributed by atoms with Crippen molar-refractivity contribution in [2.24, 2.45) is 5.92 Å². The maximum atomic E-state index is 12.9. The van der Waals surface area contributed by atoms with Gasteiger partial charge in [0.1, 0.15) is 0 Å². The Labute approximate surface area is 196 Å². The highest BCUT2D eigenvalue weighted by atomic mass is 35.5. The van der Waals surface area contributed by atoms with Crippen molar-refractivity contribution in [3.63, 3.8) is 0 Å². The van der Waals surface area contributed by atoms with E-state index in [1.807, 2.05) is 11.8 Å².